The number of nitrogens with zero attached hydrogens (tertiary/aromatic N) is 3. The van der Waals surface area contributed by atoms with Crippen LogP contribution in [0.2, 0.25) is 0 Å². The summed E-state index contributed by atoms with van der Waals surface area (Å²) in [6.07, 6.45) is 2.49. The summed E-state index contributed by atoms with van der Waals surface area (Å²) in [7, 11) is 0. The highest BCUT2D eigenvalue weighted by Gasteiger charge is 2.08. The standard InChI is InChI=1S/C23H25N3O/c1-4-20-15-22(9-8-21(20)14-19(16-24)17-25)26(5-2)12-13-27-23-10-6-18(3)7-11-23/h6-11,14-15H,4-5,12-13H2,1-3H3. The smallest absolute Gasteiger partial charge is 0.130 e. The number of likely N-dealkylation sites (N-methyl/N-ethyl adjacent to an activating group) is 1. The van der Waals surface area contributed by atoms with E-state index in [1.54, 1.807) is 6.08 Å². The van der Waals surface area contributed by atoms with Crippen molar-refractivity contribution in [2.75, 3.05) is 24.6 Å². The lowest BCUT2D eigenvalue weighted by Crippen LogP contribution is -2.28. The highest BCUT2D eigenvalue weighted by molar-refractivity contribution is 5.67. The zero-order valence-corrected chi connectivity index (χ0v) is 16.2. The van der Waals surface area contributed by atoms with Gasteiger partial charge in [-0.2, -0.15) is 10.5 Å². The lowest BCUT2D eigenvalue weighted by Gasteiger charge is -2.24. The van der Waals surface area contributed by atoms with E-state index in [9.17, 15) is 0 Å². The van der Waals surface area contributed by atoms with E-state index in [0.29, 0.717) is 6.61 Å². The van der Waals surface area contributed by atoms with Crippen LogP contribution < -0.4 is 9.64 Å². The molecule has 0 heterocycles. The third-order valence-corrected chi connectivity index (χ3v) is 4.45. The minimum absolute atomic E-state index is 0.122. The van der Waals surface area contributed by atoms with Crippen LogP contribution >= 0.6 is 0 Å². The lowest BCUT2D eigenvalue weighted by molar-refractivity contribution is 0.324. The quantitative estimate of drug-likeness (QED) is 0.629. The molecule has 0 aliphatic heterocycles. The van der Waals surface area contributed by atoms with Crippen LogP contribution in [0.15, 0.2) is 48.0 Å². The highest BCUT2D eigenvalue weighted by atomic mass is 16.5. The van der Waals surface area contributed by atoms with E-state index < -0.39 is 0 Å². The molecule has 0 N–H and O–H groups in total. The molecule has 4 nitrogen and oxygen atoms in total. The molecule has 27 heavy (non-hydrogen) atoms. The monoisotopic (exact) mass is 359 g/mol. The van der Waals surface area contributed by atoms with Gasteiger partial charge in [0.25, 0.3) is 0 Å². The summed E-state index contributed by atoms with van der Waals surface area (Å²) in [5, 5.41) is 18.0. The second-order valence-corrected chi connectivity index (χ2v) is 6.26. The fourth-order valence-corrected chi connectivity index (χ4v) is 2.86. The van der Waals surface area contributed by atoms with Crippen molar-refractivity contribution in [2.45, 2.75) is 27.2 Å². The molecule has 0 bridgehead atoms. The van der Waals surface area contributed by atoms with Crippen LogP contribution in [0, 0.1) is 29.6 Å². The van der Waals surface area contributed by atoms with Crippen LogP contribution in [0.4, 0.5) is 5.69 Å². The van der Waals surface area contributed by atoms with Crippen LogP contribution in [-0.2, 0) is 6.42 Å². The van der Waals surface area contributed by atoms with Crippen molar-refractivity contribution >= 4 is 11.8 Å². The zero-order valence-electron chi connectivity index (χ0n) is 16.2. The van der Waals surface area contributed by atoms with Gasteiger partial charge >= 0.3 is 0 Å². The van der Waals surface area contributed by atoms with E-state index in [2.05, 4.69) is 31.7 Å². The van der Waals surface area contributed by atoms with Gasteiger partial charge in [0, 0.05) is 12.2 Å². The second kappa shape index (κ2) is 10.0. The van der Waals surface area contributed by atoms with Crippen LogP contribution in [0.25, 0.3) is 6.08 Å². The van der Waals surface area contributed by atoms with E-state index in [1.165, 1.54) is 5.56 Å². The van der Waals surface area contributed by atoms with Gasteiger partial charge in [-0.3, -0.25) is 0 Å². The number of hydrogen-bond donors (Lipinski definition) is 0. The molecule has 2 aromatic rings. The van der Waals surface area contributed by atoms with Crippen LogP contribution in [0.3, 0.4) is 0 Å². The molecule has 0 aromatic heterocycles. The molecule has 0 saturated heterocycles. The maximum atomic E-state index is 8.98. The van der Waals surface area contributed by atoms with E-state index in [1.807, 2.05) is 48.5 Å². The Balaban J connectivity index is 2.10. The summed E-state index contributed by atoms with van der Waals surface area (Å²) >= 11 is 0. The molecule has 138 valence electrons. The Kier molecular flexibility index (Phi) is 7.47. The van der Waals surface area contributed by atoms with Crippen LogP contribution in [0.5, 0.6) is 5.75 Å². The lowest BCUT2D eigenvalue weighted by atomic mass is 10.0. The first-order valence-electron chi connectivity index (χ1n) is 9.20. The fraction of sp³-hybridized carbons (Fsp3) is 0.304. The summed E-state index contributed by atoms with van der Waals surface area (Å²) in [4.78, 5) is 2.26. The number of allylic oxidation sites excluding steroid dienone is 1. The van der Waals surface area contributed by atoms with Gasteiger partial charge in [0.05, 0.1) is 6.54 Å². The van der Waals surface area contributed by atoms with E-state index in [0.717, 1.165) is 42.1 Å². The third kappa shape index (κ3) is 5.62. The fourth-order valence-electron chi connectivity index (χ4n) is 2.86. The summed E-state index contributed by atoms with van der Waals surface area (Å²) in [6.45, 7) is 8.51. The molecule has 2 rings (SSSR count). The summed E-state index contributed by atoms with van der Waals surface area (Å²) in [5.74, 6) is 0.881. The van der Waals surface area contributed by atoms with Gasteiger partial charge in [-0.1, -0.05) is 30.7 Å². The predicted molar refractivity (Wildman–Crippen MR) is 110 cm³/mol. The first-order valence-corrected chi connectivity index (χ1v) is 9.20. The predicted octanol–water partition coefficient (Wildman–Crippen LogP) is 4.89. The zero-order chi connectivity index (χ0) is 19.6. The van der Waals surface area contributed by atoms with E-state index in [-0.39, 0.29) is 5.57 Å². The molecule has 4 heteroatoms. The number of nitriles is 2. The molecule has 0 aliphatic carbocycles. The Morgan fingerprint density at radius 1 is 1.07 bits per heavy atom. The molecule has 2 aromatic carbocycles. The molecule has 0 fully saturated rings. The Hall–Kier alpha value is -3.24. The summed E-state index contributed by atoms with van der Waals surface area (Å²) in [6, 6.07) is 18.1. The Morgan fingerprint density at radius 2 is 1.78 bits per heavy atom. The SMILES string of the molecule is CCc1cc(N(CC)CCOc2ccc(C)cc2)ccc1C=C(C#N)C#N. The van der Waals surface area contributed by atoms with Gasteiger partial charge in [0.2, 0.25) is 0 Å². The number of rotatable bonds is 8. The van der Waals surface area contributed by atoms with E-state index >= 15 is 0 Å². The van der Waals surface area contributed by atoms with Gasteiger partial charge in [0.15, 0.2) is 0 Å². The normalized spacial score (nSPS) is 9.81. The first-order chi connectivity index (χ1) is 13.1. The molecule has 0 atom stereocenters. The molecule has 0 saturated carbocycles. The largest absolute Gasteiger partial charge is 0.492 e. The second-order valence-electron chi connectivity index (χ2n) is 6.26. The number of hydrogen-bond acceptors (Lipinski definition) is 4. The topological polar surface area (TPSA) is 60.0 Å². The minimum atomic E-state index is 0.122. The van der Waals surface area contributed by atoms with Crippen molar-refractivity contribution in [3.63, 3.8) is 0 Å². The Labute approximate surface area is 161 Å². The van der Waals surface area contributed by atoms with Gasteiger partial charge in [0.1, 0.15) is 30.1 Å². The molecule has 0 unspecified atom stereocenters. The number of aryl methyl sites for hydroxylation is 2. The van der Waals surface area contributed by atoms with Crippen LogP contribution in [-0.4, -0.2) is 19.7 Å². The third-order valence-electron chi connectivity index (χ3n) is 4.45. The maximum Gasteiger partial charge on any atom is 0.130 e. The average Bonchev–Trinajstić information content (AvgIpc) is 2.71. The van der Waals surface area contributed by atoms with Gasteiger partial charge < -0.3 is 9.64 Å². The molecule has 0 radical (unpaired) electrons. The molecule has 0 aliphatic rings. The minimum Gasteiger partial charge on any atom is -0.492 e. The highest BCUT2D eigenvalue weighted by Crippen LogP contribution is 2.22. The molecule has 0 spiro atoms. The van der Waals surface area contributed by atoms with Crippen molar-refractivity contribution in [3.8, 4) is 17.9 Å². The van der Waals surface area contributed by atoms with Crippen molar-refractivity contribution in [1.29, 1.82) is 10.5 Å². The summed E-state index contributed by atoms with van der Waals surface area (Å²) < 4.78 is 5.85. The summed E-state index contributed by atoms with van der Waals surface area (Å²) in [5.41, 5.74) is 4.50. The van der Waals surface area contributed by atoms with E-state index in [4.69, 9.17) is 15.3 Å². The average molecular weight is 359 g/mol. The Morgan fingerprint density at radius 3 is 2.37 bits per heavy atom. The number of benzene rings is 2. The van der Waals surface area contributed by atoms with Gasteiger partial charge in [-0.05, 0) is 61.7 Å². The van der Waals surface area contributed by atoms with Gasteiger partial charge in [-0.25, -0.2) is 0 Å². The van der Waals surface area contributed by atoms with Gasteiger partial charge in [-0.15, -0.1) is 0 Å². The first kappa shape index (κ1) is 20.1. The van der Waals surface area contributed by atoms with Crippen molar-refractivity contribution in [1.82, 2.24) is 0 Å². The maximum absolute atomic E-state index is 8.98. The molecular formula is C23H25N3O. The van der Waals surface area contributed by atoms with Crippen molar-refractivity contribution in [3.05, 3.63) is 64.7 Å². The Bertz CT molecular complexity index is 854. The number of anilines is 1. The van der Waals surface area contributed by atoms with Crippen LogP contribution in [0.1, 0.15) is 30.5 Å². The van der Waals surface area contributed by atoms with Crippen molar-refractivity contribution < 1.29 is 4.74 Å². The molecule has 0 amide bonds. The molecular weight excluding hydrogens is 334 g/mol. The van der Waals surface area contributed by atoms with Crippen molar-refractivity contribution in [2.24, 2.45) is 0 Å². The number of ether oxygens (including phenoxy) is 1.